The fourth-order valence-corrected chi connectivity index (χ4v) is 4.50. The van der Waals surface area contributed by atoms with Crippen LogP contribution in [0.2, 0.25) is 0 Å². The van der Waals surface area contributed by atoms with Gasteiger partial charge in [0.1, 0.15) is 0 Å². The van der Waals surface area contributed by atoms with Crippen molar-refractivity contribution < 1.29 is 0 Å². The number of fused-ring (bicyclic) bond motifs is 3. The molecule has 1 spiro atoms. The molecule has 2 atom stereocenters. The summed E-state index contributed by atoms with van der Waals surface area (Å²) in [6.45, 7) is 6.82. The largest absolute Gasteiger partial charge is 0.155 e. The molecular weight excluding hydrogens is 220 g/mol. The predicted molar refractivity (Wildman–Crippen MR) is 71.6 cm³/mol. The van der Waals surface area contributed by atoms with Gasteiger partial charge in [-0.25, -0.2) is 0 Å². The molecule has 2 heteroatoms. The van der Waals surface area contributed by atoms with E-state index in [9.17, 15) is 0 Å². The van der Waals surface area contributed by atoms with Gasteiger partial charge in [0.05, 0.1) is 11.4 Å². The van der Waals surface area contributed by atoms with Gasteiger partial charge in [0, 0.05) is 5.92 Å². The van der Waals surface area contributed by atoms with E-state index in [0.717, 1.165) is 18.3 Å². The molecule has 0 saturated heterocycles. The van der Waals surface area contributed by atoms with Crippen LogP contribution in [0.3, 0.4) is 0 Å². The Labute approximate surface area is 109 Å². The lowest BCUT2D eigenvalue weighted by Crippen LogP contribution is -2.13. The minimum absolute atomic E-state index is 0.303. The third kappa shape index (κ3) is 1.35. The quantitative estimate of drug-likeness (QED) is 0.748. The zero-order valence-corrected chi connectivity index (χ0v) is 11.7. The highest BCUT2D eigenvalue weighted by Crippen LogP contribution is 2.75. The molecule has 3 aliphatic carbocycles. The lowest BCUT2D eigenvalue weighted by atomic mass is 9.88. The van der Waals surface area contributed by atoms with Crippen LogP contribution in [-0.2, 0) is 6.42 Å². The van der Waals surface area contributed by atoms with Gasteiger partial charge in [-0.3, -0.25) is 0 Å². The zero-order chi connectivity index (χ0) is 12.5. The molecule has 96 valence electrons. The van der Waals surface area contributed by atoms with Gasteiger partial charge in [-0.05, 0) is 60.5 Å². The Morgan fingerprint density at radius 3 is 2.56 bits per heavy atom. The molecule has 0 N–H and O–H groups in total. The fourth-order valence-electron chi connectivity index (χ4n) is 4.50. The van der Waals surface area contributed by atoms with E-state index in [2.05, 4.69) is 37.0 Å². The van der Waals surface area contributed by atoms with Crippen LogP contribution in [0.1, 0.15) is 75.2 Å². The topological polar surface area (TPSA) is 25.8 Å². The van der Waals surface area contributed by atoms with E-state index in [-0.39, 0.29) is 0 Å². The van der Waals surface area contributed by atoms with Crippen LogP contribution in [0.5, 0.6) is 0 Å². The highest BCUT2D eigenvalue weighted by Gasteiger charge is 2.64. The van der Waals surface area contributed by atoms with E-state index in [1.165, 1.54) is 37.1 Å². The van der Waals surface area contributed by atoms with E-state index >= 15 is 0 Å². The molecule has 2 nitrogen and oxygen atoms in total. The van der Waals surface area contributed by atoms with Crippen LogP contribution >= 0.6 is 0 Å². The molecule has 1 aromatic rings. The van der Waals surface area contributed by atoms with Crippen molar-refractivity contribution in [2.75, 3.05) is 0 Å². The van der Waals surface area contributed by atoms with Gasteiger partial charge in [-0.2, -0.15) is 10.2 Å². The van der Waals surface area contributed by atoms with Crippen LogP contribution in [0, 0.1) is 10.8 Å². The van der Waals surface area contributed by atoms with Crippen LogP contribution < -0.4 is 0 Å². The fraction of sp³-hybridized carbons (Fsp3) is 0.750. The average Bonchev–Trinajstić information content (AvgIpc) is 2.91. The van der Waals surface area contributed by atoms with Crippen molar-refractivity contribution in [1.29, 1.82) is 0 Å². The molecule has 4 rings (SSSR count). The summed E-state index contributed by atoms with van der Waals surface area (Å²) >= 11 is 0. The number of rotatable bonds is 1. The Bertz CT molecular complexity index is 508. The van der Waals surface area contributed by atoms with Gasteiger partial charge in [-0.15, -0.1) is 0 Å². The third-order valence-corrected chi connectivity index (χ3v) is 5.28. The third-order valence-electron chi connectivity index (χ3n) is 5.28. The maximum Gasteiger partial charge on any atom is 0.0702 e. The first-order valence-electron chi connectivity index (χ1n) is 7.36. The molecule has 0 unspecified atom stereocenters. The highest BCUT2D eigenvalue weighted by atomic mass is 15.1. The molecule has 2 saturated carbocycles. The van der Waals surface area contributed by atoms with E-state index in [1.54, 1.807) is 5.56 Å². The Kier molecular flexibility index (Phi) is 1.92. The number of hydrogen-bond acceptors (Lipinski definition) is 2. The Hall–Kier alpha value is -0.920. The summed E-state index contributed by atoms with van der Waals surface area (Å²) in [6.07, 6.45) is 6.68. The summed E-state index contributed by atoms with van der Waals surface area (Å²) in [7, 11) is 0. The van der Waals surface area contributed by atoms with Gasteiger partial charge in [0.15, 0.2) is 0 Å². The Morgan fingerprint density at radius 1 is 1.17 bits per heavy atom. The van der Waals surface area contributed by atoms with Crippen LogP contribution in [0.25, 0.3) is 0 Å². The van der Waals surface area contributed by atoms with Crippen molar-refractivity contribution in [3.63, 3.8) is 0 Å². The number of hydrogen-bond donors (Lipinski definition) is 0. The first-order chi connectivity index (χ1) is 8.50. The molecule has 18 heavy (non-hydrogen) atoms. The molecular formula is C16H22N2. The smallest absolute Gasteiger partial charge is 0.0702 e. The zero-order valence-electron chi connectivity index (χ0n) is 11.7. The summed E-state index contributed by atoms with van der Waals surface area (Å²) in [4.78, 5) is 0. The highest BCUT2D eigenvalue weighted by molar-refractivity contribution is 5.44. The van der Waals surface area contributed by atoms with E-state index in [0.29, 0.717) is 10.8 Å². The van der Waals surface area contributed by atoms with Crippen molar-refractivity contribution in [1.82, 2.24) is 10.2 Å². The van der Waals surface area contributed by atoms with Crippen molar-refractivity contribution in [3.05, 3.63) is 23.0 Å². The SMILES string of the molecule is CC(C)(C)Cc1cc2c(nn1)[C@H]1CC[C@@H]2C12CC2. The van der Waals surface area contributed by atoms with Crippen molar-refractivity contribution >= 4 is 0 Å². The molecule has 0 amide bonds. The van der Waals surface area contributed by atoms with E-state index in [4.69, 9.17) is 0 Å². The minimum atomic E-state index is 0.303. The molecule has 2 bridgehead atoms. The Morgan fingerprint density at radius 2 is 1.89 bits per heavy atom. The van der Waals surface area contributed by atoms with Crippen molar-refractivity contribution in [2.45, 2.75) is 64.7 Å². The van der Waals surface area contributed by atoms with Crippen molar-refractivity contribution in [2.24, 2.45) is 10.8 Å². The number of aromatic nitrogens is 2. The van der Waals surface area contributed by atoms with Crippen LogP contribution in [-0.4, -0.2) is 10.2 Å². The average molecular weight is 242 g/mol. The predicted octanol–water partition coefficient (Wildman–Crippen LogP) is 3.82. The second-order valence-corrected chi connectivity index (χ2v) is 7.83. The molecule has 1 aromatic heterocycles. The first-order valence-corrected chi connectivity index (χ1v) is 7.36. The maximum atomic E-state index is 4.61. The second kappa shape index (κ2) is 3.15. The summed E-state index contributed by atoms with van der Waals surface area (Å²) in [6, 6.07) is 2.39. The monoisotopic (exact) mass is 242 g/mol. The molecule has 0 radical (unpaired) electrons. The molecule has 1 heterocycles. The standard InChI is InChI=1S/C16H22N2/c1-15(2,3)9-10-8-11-12-4-5-13(14(11)18-17-10)16(12)6-7-16/h8,12-13H,4-7,9H2,1-3H3/t12-,13+/m0/s1. The molecule has 0 aromatic carbocycles. The van der Waals surface area contributed by atoms with Gasteiger partial charge >= 0.3 is 0 Å². The van der Waals surface area contributed by atoms with Crippen molar-refractivity contribution in [3.8, 4) is 0 Å². The Balaban J connectivity index is 1.73. The molecule has 3 aliphatic rings. The van der Waals surface area contributed by atoms with E-state index in [1.807, 2.05) is 0 Å². The molecule has 2 fully saturated rings. The lowest BCUT2D eigenvalue weighted by Gasteiger charge is -2.19. The van der Waals surface area contributed by atoms with Gasteiger partial charge in [0.2, 0.25) is 0 Å². The van der Waals surface area contributed by atoms with Crippen LogP contribution in [0.4, 0.5) is 0 Å². The molecule has 0 aliphatic heterocycles. The maximum absolute atomic E-state index is 4.61. The summed E-state index contributed by atoms with van der Waals surface area (Å²) in [5, 5.41) is 9.11. The van der Waals surface area contributed by atoms with Gasteiger partial charge in [0.25, 0.3) is 0 Å². The lowest BCUT2D eigenvalue weighted by molar-refractivity contribution is 0.403. The van der Waals surface area contributed by atoms with E-state index < -0.39 is 0 Å². The summed E-state index contributed by atoms with van der Waals surface area (Å²) in [5.41, 5.74) is 5.08. The normalized spacial score (nSPS) is 30.8. The first kappa shape index (κ1) is 11.0. The summed E-state index contributed by atoms with van der Waals surface area (Å²) in [5.74, 6) is 1.58. The minimum Gasteiger partial charge on any atom is -0.155 e. The van der Waals surface area contributed by atoms with Crippen LogP contribution in [0.15, 0.2) is 6.07 Å². The second-order valence-electron chi connectivity index (χ2n) is 7.83. The van der Waals surface area contributed by atoms with Gasteiger partial charge < -0.3 is 0 Å². The summed E-state index contributed by atoms with van der Waals surface area (Å²) < 4.78 is 0. The number of nitrogens with zero attached hydrogens (tertiary/aromatic N) is 2. The van der Waals surface area contributed by atoms with Gasteiger partial charge in [-0.1, -0.05) is 20.8 Å².